The summed E-state index contributed by atoms with van der Waals surface area (Å²) >= 11 is 3.49. The van der Waals surface area contributed by atoms with E-state index >= 15 is 0 Å². The monoisotopic (exact) mass is 354 g/mol. The van der Waals surface area contributed by atoms with Crippen LogP contribution in [0.5, 0.6) is 0 Å². The molecule has 0 amide bonds. The van der Waals surface area contributed by atoms with E-state index < -0.39 is 0 Å². The zero-order chi connectivity index (χ0) is 15.4. The lowest BCUT2D eigenvalue weighted by molar-refractivity contribution is -0.384. The molecule has 1 fully saturated rings. The predicted octanol–water partition coefficient (Wildman–Crippen LogP) is 4.31. The molecular formula is C16H23BrN2O2. The lowest BCUT2D eigenvalue weighted by atomic mass is 9.76. The molecule has 3 unspecified atom stereocenters. The smallest absolute Gasteiger partial charge is 0.270 e. The number of halogens is 1. The molecular weight excluding hydrogens is 332 g/mol. The first-order chi connectivity index (χ1) is 10.0. The molecule has 0 aliphatic heterocycles. The second-order valence-electron chi connectivity index (χ2n) is 6.08. The highest BCUT2D eigenvalue weighted by Crippen LogP contribution is 2.34. The van der Waals surface area contributed by atoms with Gasteiger partial charge in [-0.15, -0.1) is 0 Å². The van der Waals surface area contributed by atoms with Crippen molar-refractivity contribution >= 4 is 21.6 Å². The first-order valence-electron chi connectivity index (χ1n) is 7.67. The molecule has 0 radical (unpaired) electrons. The van der Waals surface area contributed by atoms with E-state index in [-0.39, 0.29) is 10.6 Å². The Morgan fingerprint density at radius 2 is 2.19 bits per heavy atom. The minimum absolute atomic E-state index is 0.144. The average Bonchev–Trinajstić information content (AvgIpc) is 2.44. The lowest BCUT2D eigenvalue weighted by Gasteiger charge is -2.35. The van der Waals surface area contributed by atoms with Gasteiger partial charge in [0, 0.05) is 22.6 Å². The zero-order valence-corrected chi connectivity index (χ0v) is 14.2. The van der Waals surface area contributed by atoms with Crippen LogP contribution in [0.15, 0.2) is 22.7 Å². The summed E-state index contributed by atoms with van der Waals surface area (Å²) in [5.41, 5.74) is 1.31. The van der Waals surface area contributed by atoms with E-state index in [1.54, 1.807) is 12.1 Å². The van der Waals surface area contributed by atoms with Crippen molar-refractivity contribution in [3.8, 4) is 0 Å². The number of rotatable bonds is 5. The normalized spacial score (nSPS) is 25.8. The molecule has 21 heavy (non-hydrogen) atoms. The van der Waals surface area contributed by atoms with Gasteiger partial charge in [-0.1, -0.05) is 35.8 Å². The number of nitrogens with one attached hydrogen (secondary N) is 1. The molecule has 4 nitrogen and oxygen atoms in total. The Morgan fingerprint density at radius 3 is 2.81 bits per heavy atom. The molecule has 1 aliphatic carbocycles. The summed E-state index contributed by atoms with van der Waals surface area (Å²) in [5.74, 6) is 1.37. The molecule has 5 heteroatoms. The molecule has 0 heterocycles. The van der Waals surface area contributed by atoms with Gasteiger partial charge in [0.15, 0.2) is 0 Å². The Bertz CT molecular complexity index is 507. The molecule has 0 spiro atoms. The van der Waals surface area contributed by atoms with Crippen LogP contribution in [0.2, 0.25) is 0 Å². The van der Waals surface area contributed by atoms with Crippen molar-refractivity contribution in [3.63, 3.8) is 0 Å². The third-order valence-electron chi connectivity index (χ3n) is 4.44. The maximum absolute atomic E-state index is 10.8. The van der Waals surface area contributed by atoms with Crippen molar-refractivity contribution in [2.45, 2.75) is 45.6 Å². The number of nitro benzene ring substituents is 1. The number of benzene rings is 1. The van der Waals surface area contributed by atoms with Gasteiger partial charge < -0.3 is 5.32 Å². The Labute approximate surface area is 134 Å². The minimum atomic E-state index is -0.349. The number of hydrogen-bond acceptors (Lipinski definition) is 3. The van der Waals surface area contributed by atoms with Crippen molar-refractivity contribution in [1.82, 2.24) is 5.32 Å². The van der Waals surface area contributed by atoms with Crippen molar-refractivity contribution < 1.29 is 4.92 Å². The zero-order valence-electron chi connectivity index (χ0n) is 12.6. The van der Waals surface area contributed by atoms with E-state index in [2.05, 4.69) is 35.1 Å². The Hall–Kier alpha value is -0.940. The molecule has 1 saturated carbocycles. The van der Waals surface area contributed by atoms with Crippen LogP contribution in [0.1, 0.15) is 38.7 Å². The summed E-state index contributed by atoms with van der Waals surface area (Å²) in [6.45, 7) is 5.47. The topological polar surface area (TPSA) is 55.2 Å². The van der Waals surface area contributed by atoms with Crippen LogP contribution >= 0.6 is 15.9 Å². The highest BCUT2D eigenvalue weighted by molar-refractivity contribution is 9.10. The molecule has 2 rings (SSSR count). The van der Waals surface area contributed by atoms with E-state index in [1.807, 2.05) is 6.07 Å². The second-order valence-corrected chi connectivity index (χ2v) is 6.93. The van der Waals surface area contributed by atoms with Crippen molar-refractivity contribution in [1.29, 1.82) is 0 Å². The lowest BCUT2D eigenvalue weighted by Crippen LogP contribution is -2.41. The van der Waals surface area contributed by atoms with Gasteiger partial charge >= 0.3 is 0 Å². The summed E-state index contributed by atoms with van der Waals surface area (Å²) in [6.07, 6.45) is 4.71. The van der Waals surface area contributed by atoms with Crippen LogP contribution in [-0.2, 0) is 6.42 Å². The largest absolute Gasteiger partial charge is 0.314 e. The molecule has 1 aromatic rings. The maximum Gasteiger partial charge on any atom is 0.270 e. The van der Waals surface area contributed by atoms with Crippen LogP contribution in [0, 0.1) is 22.0 Å². The summed E-state index contributed by atoms with van der Waals surface area (Å²) in [7, 11) is 0. The SMILES string of the molecule is CCNC1CCC(C)CC1Cc1ccc([N+](=O)[O-])cc1Br. The van der Waals surface area contributed by atoms with Gasteiger partial charge in [-0.3, -0.25) is 10.1 Å². The molecule has 1 aliphatic rings. The second kappa shape index (κ2) is 7.36. The fourth-order valence-electron chi connectivity index (χ4n) is 3.35. The highest BCUT2D eigenvalue weighted by Gasteiger charge is 2.28. The maximum atomic E-state index is 10.8. The fourth-order valence-corrected chi connectivity index (χ4v) is 3.88. The average molecular weight is 355 g/mol. The summed E-state index contributed by atoms with van der Waals surface area (Å²) in [6, 6.07) is 5.68. The molecule has 3 atom stereocenters. The first kappa shape index (κ1) is 16.4. The van der Waals surface area contributed by atoms with Gasteiger partial charge in [-0.05, 0) is 49.6 Å². The van der Waals surface area contributed by atoms with Crippen molar-refractivity contribution in [3.05, 3.63) is 38.3 Å². The predicted molar refractivity (Wildman–Crippen MR) is 88.5 cm³/mol. The summed E-state index contributed by atoms with van der Waals surface area (Å²) < 4.78 is 0.852. The number of nitrogens with zero attached hydrogens (tertiary/aromatic N) is 1. The van der Waals surface area contributed by atoms with Gasteiger partial charge in [0.25, 0.3) is 5.69 Å². The summed E-state index contributed by atoms with van der Waals surface area (Å²) in [5, 5.41) is 14.4. The van der Waals surface area contributed by atoms with Gasteiger partial charge in [-0.2, -0.15) is 0 Å². The molecule has 0 saturated heterocycles. The Balaban J connectivity index is 2.12. The van der Waals surface area contributed by atoms with Gasteiger partial charge in [-0.25, -0.2) is 0 Å². The molecule has 0 aromatic heterocycles. The van der Waals surface area contributed by atoms with Gasteiger partial charge in [0.1, 0.15) is 0 Å². The number of nitro groups is 1. The molecule has 116 valence electrons. The van der Waals surface area contributed by atoms with Gasteiger partial charge in [0.05, 0.1) is 4.92 Å². The number of non-ortho nitro benzene ring substituents is 1. The van der Waals surface area contributed by atoms with E-state index in [0.29, 0.717) is 12.0 Å². The van der Waals surface area contributed by atoms with Crippen LogP contribution in [0.4, 0.5) is 5.69 Å². The Morgan fingerprint density at radius 1 is 1.43 bits per heavy atom. The molecule has 1 N–H and O–H groups in total. The van der Waals surface area contributed by atoms with Crippen molar-refractivity contribution in [2.24, 2.45) is 11.8 Å². The van der Waals surface area contributed by atoms with Crippen LogP contribution in [-0.4, -0.2) is 17.5 Å². The van der Waals surface area contributed by atoms with Crippen LogP contribution in [0.25, 0.3) is 0 Å². The Kier molecular flexibility index (Phi) is 5.76. The third-order valence-corrected chi connectivity index (χ3v) is 5.18. The van der Waals surface area contributed by atoms with E-state index in [0.717, 1.165) is 23.4 Å². The third kappa shape index (κ3) is 4.27. The quantitative estimate of drug-likeness (QED) is 0.632. The van der Waals surface area contributed by atoms with E-state index in [9.17, 15) is 10.1 Å². The highest BCUT2D eigenvalue weighted by atomic mass is 79.9. The van der Waals surface area contributed by atoms with Crippen LogP contribution in [0.3, 0.4) is 0 Å². The van der Waals surface area contributed by atoms with Crippen molar-refractivity contribution in [2.75, 3.05) is 6.54 Å². The first-order valence-corrected chi connectivity index (χ1v) is 8.46. The van der Waals surface area contributed by atoms with Gasteiger partial charge in [0.2, 0.25) is 0 Å². The van der Waals surface area contributed by atoms with Crippen LogP contribution < -0.4 is 5.32 Å². The van der Waals surface area contributed by atoms with E-state index in [1.165, 1.54) is 24.8 Å². The fraction of sp³-hybridized carbons (Fsp3) is 0.625. The number of hydrogen-bond donors (Lipinski definition) is 1. The minimum Gasteiger partial charge on any atom is -0.314 e. The molecule has 1 aromatic carbocycles. The standard InChI is InChI=1S/C16H23BrN2O2/c1-3-18-16-7-4-11(2)8-13(16)9-12-5-6-14(19(20)21)10-15(12)17/h5-6,10-11,13,16,18H,3-4,7-9H2,1-2H3. The molecule has 0 bridgehead atoms. The van der Waals surface area contributed by atoms with E-state index in [4.69, 9.17) is 0 Å². The summed E-state index contributed by atoms with van der Waals surface area (Å²) in [4.78, 5) is 10.5.